The second kappa shape index (κ2) is 7.74. The second-order valence-corrected chi connectivity index (χ2v) is 9.01. The summed E-state index contributed by atoms with van der Waals surface area (Å²) in [5.41, 5.74) is -1.25. The van der Waals surface area contributed by atoms with E-state index in [9.17, 15) is 31.5 Å². The van der Waals surface area contributed by atoms with Crippen molar-refractivity contribution in [1.29, 1.82) is 0 Å². The van der Waals surface area contributed by atoms with Crippen LogP contribution in [-0.2, 0) is 20.8 Å². The molecule has 1 atom stereocenters. The van der Waals surface area contributed by atoms with E-state index in [2.05, 4.69) is 26.3 Å². The molecule has 28 heavy (non-hydrogen) atoms. The number of alkyl halides is 3. The highest BCUT2D eigenvalue weighted by atomic mass is 79.9. The summed E-state index contributed by atoms with van der Waals surface area (Å²) in [5, 5.41) is 15.7. The number of carbonyl (C=O) groups excluding carboxylic acids is 1. The van der Waals surface area contributed by atoms with E-state index in [1.807, 2.05) is 0 Å². The minimum Gasteiger partial charge on any atom is -0.506 e. The van der Waals surface area contributed by atoms with Crippen molar-refractivity contribution in [3.8, 4) is 5.75 Å². The Hall–Kier alpha value is -2.08. The molecule has 2 aromatic rings. The first kappa shape index (κ1) is 22.2. The summed E-state index contributed by atoms with van der Waals surface area (Å²) in [6.07, 6.45) is -4.70. The monoisotopic (exact) mass is 483 g/mol. The van der Waals surface area contributed by atoms with Gasteiger partial charge in [0.25, 0.3) is 0 Å². The maximum absolute atomic E-state index is 13.0. The predicted molar refractivity (Wildman–Crippen MR) is 98.8 cm³/mol. The van der Waals surface area contributed by atoms with Gasteiger partial charge in [-0.05, 0) is 48.0 Å². The molecule has 0 aliphatic heterocycles. The zero-order chi connectivity index (χ0) is 21.4. The fourth-order valence-electron chi connectivity index (χ4n) is 2.38. The molecule has 0 aliphatic carbocycles. The van der Waals surface area contributed by atoms with Gasteiger partial charge in [0, 0.05) is 0 Å². The van der Waals surface area contributed by atoms with Gasteiger partial charge < -0.3 is 10.4 Å². The number of phenolic OH excluding ortho intramolecular Hbond substituents is 1. The van der Waals surface area contributed by atoms with Gasteiger partial charge in [0.15, 0.2) is 15.5 Å². The van der Waals surface area contributed by atoms with E-state index >= 15 is 0 Å². The molecule has 1 aromatic heterocycles. The van der Waals surface area contributed by atoms with Crippen LogP contribution in [0.1, 0.15) is 31.3 Å². The number of benzene rings is 1. The quantitative estimate of drug-likeness (QED) is 0.631. The fraction of sp³-hybridized carbons (Fsp3) is 0.375. The average molecular weight is 484 g/mol. The Morgan fingerprint density at radius 3 is 2.50 bits per heavy atom. The van der Waals surface area contributed by atoms with Gasteiger partial charge in [-0.15, -0.1) is 0 Å². The van der Waals surface area contributed by atoms with Gasteiger partial charge in [-0.25, -0.2) is 8.42 Å². The molecule has 0 bridgehead atoms. The molecule has 2 N–H and O–H groups in total. The highest BCUT2D eigenvalue weighted by Crippen LogP contribution is 2.36. The van der Waals surface area contributed by atoms with Crippen molar-refractivity contribution in [2.45, 2.75) is 37.9 Å². The van der Waals surface area contributed by atoms with Crippen LogP contribution in [-0.4, -0.2) is 35.0 Å². The molecule has 2 rings (SSSR count). The number of nitrogens with zero attached hydrogens (tertiary/aromatic N) is 2. The third-order valence-corrected chi connectivity index (χ3v) is 6.74. The molecule has 0 saturated heterocycles. The number of anilines is 1. The van der Waals surface area contributed by atoms with Crippen LogP contribution < -0.4 is 5.32 Å². The highest BCUT2D eigenvalue weighted by molar-refractivity contribution is 9.10. The Kier molecular flexibility index (Phi) is 6.14. The summed E-state index contributed by atoms with van der Waals surface area (Å²) in [6, 6.07) is 2.22. The van der Waals surface area contributed by atoms with Crippen LogP contribution in [0.15, 0.2) is 27.6 Å². The van der Waals surface area contributed by atoms with Crippen LogP contribution in [0.5, 0.6) is 5.75 Å². The Morgan fingerprint density at radius 1 is 1.39 bits per heavy atom. The van der Waals surface area contributed by atoms with E-state index in [1.54, 1.807) is 0 Å². The summed E-state index contributed by atoms with van der Waals surface area (Å²) >= 11 is 2.83. The largest absolute Gasteiger partial charge is 0.506 e. The number of amides is 1. The van der Waals surface area contributed by atoms with Gasteiger partial charge in [0.1, 0.15) is 11.8 Å². The van der Waals surface area contributed by atoms with E-state index in [4.69, 9.17) is 0 Å². The van der Waals surface area contributed by atoms with E-state index in [0.717, 1.165) is 16.8 Å². The first-order valence-corrected chi connectivity index (χ1v) is 10.4. The summed E-state index contributed by atoms with van der Waals surface area (Å²) in [4.78, 5) is 12.4. The van der Waals surface area contributed by atoms with Gasteiger partial charge in [0.05, 0.1) is 26.5 Å². The molecular formula is C16H17BrF3N3O4S. The smallest absolute Gasteiger partial charge is 0.436 e. The average Bonchev–Trinajstić information content (AvgIpc) is 2.91. The topological polar surface area (TPSA) is 101 Å². The SMILES string of the molecule is CCS(=O)(=O)c1ccc(O)c(NC(=O)C(C)n2nc(C(F)(F)F)c(Br)c2C)c1. The van der Waals surface area contributed by atoms with Gasteiger partial charge in [-0.3, -0.25) is 9.48 Å². The molecule has 0 saturated carbocycles. The number of halogens is 4. The van der Waals surface area contributed by atoms with Gasteiger partial charge in [0.2, 0.25) is 5.91 Å². The van der Waals surface area contributed by atoms with Crippen molar-refractivity contribution in [1.82, 2.24) is 9.78 Å². The highest BCUT2D eigenvalue weighted by Gasteiger charge is 2.39. The van der Waals surface area contributed by atoms with Crippen molar-refractivity contribution in [3.63, 3.8) is 0 Å². The Balaban J connectivity index is 2.35. The molecular weight excluding hydrogens is 467 g/mol. The molecule has 0 radical (unpaired) electrons. The molecule has 1 heterocycles. The standard InChI is InChI=1S/C16H17BrF3N3O4S/c1-4-28(26,27)10-5-6-12(24)11(7-10)21-15(25)9(3)23-8(2)13(17)14(22-23)16(18,19)20/h5-7,9,24H,4H2,1-3H3,(H,21,25). The summed E-state index contributed by atoms with van der Waals surface area (Å²) in [5.74, 6) is -1.35. The lowest BCUT2D eigenvalue weighted by Crippen LogP contribution is -2.25. The molecule has 0 aliphatic rings. The van der Waals surface area contributed by atoms with Crippen LogP contribution in [0.4, 0.5) is 18.9 Å². The van der Waals surface area contributed by atoms with E-state index in [0.29, 0.717) is 0 Å². The maximum Gasteiger partial charge on any atom is 0.436 e. The van der Waals surface area contributed by atoms with Crippen molar-refractivity contribution >= 4 is 37.4 Å². The van der Waals surface area contributed by atoms with E-state index < -0.39 is 33.7 Å². The van der Waals surface area contributed by atoms with Gasteiger partial charge >= 0.3 is 6.18 Å². The number of rotatable bonds is 5. The van der Waals surface area contributed by atoms with E-state index in [1.165, 1.54) is 26.8 Å². The first-order valence-electron chi connectivity index (χ1n) is 7.98. The molecule has 0 spiro atoms. The molecule has 154 valence electrons. The zero-order valence-electron chi connectivity index (χ0n) is 15.0. The molecule has 1 unspecified atom stereocenters. The predicted octanol–water partition coefficient (Wildman–Crippen LogP) is 3.67. The normalized spacial score (nSPS) is 13.4. The lowest BCUT2D eigenvalue weighted by molar-refractivity contribution is -0.142. The number of sulfone groups is 1. The molecule has 1 aromatic carbocycles. The Bertz CT molecular complexity index is 1020. The Labute approximate surface area is 167 Å². The van der Waals surface area contributed by atoms with Crippen molar-refractivity contribution in [2.75, 3.05) is 11.1 Å². The minimum absolute atomic E-state index is 0.0847. The first-order chi connectivity index (χ1) is 12.8. The van der Waals surface area contributed by atoms with Crippen LogP contribution in [0.3, 0.4) is 0 Å². The van der Waals surface area contributed by atoms with Gasteiger partial charge in [-0.1, -0.05) is 6.92 Å². The zero-order valence-corrected chi connectivity index (χ0v) is 17.4. The number of aromatic hydroxyl groups is 1. The number of nitrogens with one attached hydrogen (secondary N) is 1. The number of carbonyl (C=O) groups is 1. The number of hydrogen-bond acceptors (Lipinski definition) is 5. The molecule has 7 nitrogen and oxygen atoms in total. The molecule has 0 fully saturated rings. The van der Waals surface area contributed by atoms with Crippen molar-refractivity contribution in [3.05, 3.63) is 34.1 Å². The van der Waals surface area contributed by atoms with Crippen LogP contribution in [0, 0.1) is 6.92 Å². The minimum atomic E-state index is -4.70. The fourth-order valence-corrected chi connectivity index (χ4v) is 3.77. The van der Waals surface area contributed by atoms with Crippen LogP contribution >= 0.6 is 15.9 Å². The maximum atomic E-state index is 13.0. The Morgan fingerprint density at radius 2 is 2.00 bits per heavy atom. The number of phenols is 1. The summed E-state index contributed by atoms with van der Waals surface area (Å²) < 4.78 is 63.5. The number of hydrogen-bond donors (Lipinski definition) is 2. The van der Waals surface area contributed by atoms with E-state index in [-0.39, 0.29) is 32.3 Å². The van der Waals surface area contributed by atoms with Crippen molar-refractivity contribution < 1.29 is 31.5 Å². The third-order valence-electron chi connectivity index (χ3n) is 4.06. The lowest BCUT2D eigenvalue weighted by Gasteiger charge is -2.16. The van der Waals surface area contributed by atoms with Gasteiger partial charge in [-0.2, -0.15) is 18.3 Å². The van der Waals surface area contributed by atoms with Crippen LogP contribution in [0.2, 0.25) is 0 Å². The van der Waals surface area contributed by atoms with Crippen LogP contribution in [0.25, 0.3) is 0 Å². The lowest BCUT2D eigenvalue weighted by atomic mass is 10.2. The summed E-state index contributed by atoms with van der Waals surface area (Å²) in [6.45, 7) is 4.13. The second-order valence-electron chi connectivity index (χ2n) is 5.94. The number of aromatic nitrogens is 2. The third kappa shape index (κ3) is 4.32. The van der Waals surface area contributed by atoms with Crippen molar-refractivity contribution in [2.24, 2.45) is 0 Å². The molecule has 1 amide bonds. The summed E-state index contributed by atoms with van der Waals surface area (Å²) in [7, 11) is -3.58. The molecule has 12 heteroatoms.